The first-order valence-corrected chi connectivity index (χ1v) is 8.66. The first-order valence-electron chi connectivity index (χ1n) is 8.66. The number of nitrogens with zero attached hydrogens (tertiary/aromatic N) is 1. The summed E-state index contributed by atoms with van der Waals surface area (Å²) in [4.78, 5) is 35.9. The van der Waals surface area contributed by atoms with Crippen LogP contribution in [0.2, 0.25) is 0 Å². The van der Waals surface area contributed by atoms with Gasteiger partial charge in [-0.25, -0.2) is 4.79 Å². The minimum atomic E-state index is -0.983. The highest BCUT2D eigenvalue weighted by molar-refractivity contribution is 5.98. The molecule has 0 heterocycles. The Hall–Kier alpha value is -3.66. The first-order chi connectivity index (χ1) is 13.3. The topological polar surface area (TPSA) is 108 Å². The molecular weight excluding hydrogens is 358 g/mol. The lowest BCUT2D eigenvalue weighted by Crippen LogP contribution is -2.30. The molecule has 144 valence electrons. The second-order valence-corrected chi connectivity index (χ2v) is 6.32. The third-order valence-electron chi connectivity index (χ3n) is 3.94. The van der Waals surface area contributed by atoms with Crippen LogP contribution in [0, 0.1) is 25.2 Å². The van der Waals surface area contributed by atoms with E-state index in [9.17, 15) is 14.4 Å². The number of nitriles is 1. The summed E-state index contributed by atoms with van der Waals surface area (Å²) in [5.41, 5.74) is 3.36. The molecule has 1 atom stereocenters. The van der Waals surface area contributed by atoms with E-state index in [0.717, 1.165) is 11.1 Å². The second-order valence-electron chi connectivity index (χ2n) is 6.32. The molecule has 0 fully saturated rings. The van der Waals surface area contributed by atoms with Gasteiger partial charge in [-0.2, -0.15) is 5.26 Å². The summed E-state index contributed by atoms with van der Waals surface area (Å²) in [6, 6.07) is 13.4. The lowest BCUT2D eigenvalue weighted by Gasteiger charge is -2.15. The minimum absolute atomic E-state index is 0.240. The van der Waals surface area contributed by atoms with Crippen molar-refractivity contribution in [2.45, 2.75) is 33.3 Å². The van der Waals surface area contributed by atoms with E-state index in [4.69, 9.17) is 10.00 Å². The molecule has 0 aliphatic rings. The van der Waals surface area contributed by atoms with E-state index in [-0.39, 0.29) is 12.0 Å². The molecule has 2 aromatic carbocycles. The van der Waals surface area contributed by atoms with E-state index in [2.05, 4.69) is 10.6 Å². The Bertz CT molecular complexity index is 930. The Morgan fingerprint density at radius 3 is 2.36 bits per heavy atom. The van der Waals surface area contributed by atoms with Gasteiger partial charge in [0.1, 0.15) is 6.42 Å². The van der Waals surface area contributed by atoms with E-state index in [1.165, 1.54) is 31.2 Å². The predicted molar refractivity (Wildman–Crippen MR) is 105 cm³/mol. The Morgan fingerprint density at radius 2 is 1.75 bits per heavy atom. The number of ether oxygens (including phenoxy) is 1. The van der Waals surface area contributed by atoms with Crippen molar-refractivity contribution in [3.63, 3.8) is 0 Å². The lowest BCUT2D eigenvalue weighted by molar-refractivity contribution is -0.123. The fraction of sp³-hybridized carbons (Fsp3) is 0.238. The number of carbonyl (C=O) groups is 3. The van der Waals surface area contributed by atoms with Gasteiger partial charge in [0, 0.05) is 11.4 Å². The molecule has 0 spiro atoms. The normalized spacial score (nSPS) is 11.1. The molecule has 0 bridgehead atoms. The van der Waals surface area contributed by atoms with E-state index >= 15 is 0 Å². The van der Waals surface area contributed by atoms with Gasteiger partial charge in [0.15, 0.2) is 6.10 Å². The zero-order chi connectivity index (χ0) is 20.7. The van der Waals surface area contributed by atoms with Crippen LogP contribution in [-0.2, 0) is 14.3 Å². The Morgan fingerprint density at radius 1 is 1.07 bits per heavy atom. The molecule has 0 saturated heterocycles. The van der Waals surface area contributed by atoms with Gasteiger partial charge in [0.05, 0.1) is 11.6 Å². The maximum absolute atomic E-state index is 12.3. The summed E-state index contributed by atoms with van der Waals surface area (Å²) in [5.74, 6) is -1.52. The highest BCUT2D eigenvalue weighted by Gasteiger charge is 2.19. The van der Waals surface area contributed by atoms with Gasteiger partial charge in [0.25, 0.3) is 5.91 Å². The van der Waals surface area contributed by atoms with E-state index in [1.807, 2.05) is 26.0 Å². The van der Waals surface area contributed by atoms with Crippen LogP contribution in [0.3, 0.4) is 0 Å². The molecule has 0 aliphatic heterocycles. The number of hydrogen-bond donors (Lipinski definition) is 2. The van der Waals surface area contributed by atoms with Gasteiger partial charge in [-0.05, 0) is 56.7 Å². The monoisotopic (exact) mass is 379 g/mol. The Kier molecular flexibility index (Phi) is 6.88. The Balaban J connectivity index is 1.94. The van der Waals surface area contributed by atoms with Crippen LogP contribution in [0.4, 0.5) is 11.4 Å². The molecule has 0 aromatic heterocycles. The summed E-state index contributed by atoms with van der Waals surface area (Å²) >= 11 is 0. The number of hydrogen-bond acceptors (Lipinski definition) is 5. The molecule has 2 rings (SSSR count). The van der Waals surface area contributed by atoms with Crippen molar-refractivity contribution >= 4 is 29.2 Å². The molecule has 7 nitrogen and oxygen atoms in total. The molecule has 2 aromatic rings. The lowest BCUT2D eigenvalue weighted by atomic mass is 10.1. The number of nitrogens with one attached hydrogen (secondary N) is 2. The van der Waals surface area contributed by atoms with Crippen LogP contribution in [0.15, 0.2) is 42.5 Å². The van der Waals surface area contributed by atoms with Crippen molar-refractivity contribution in [3.8, 4) is 6.07 Å². The number of anilines is 2. The van der Waals surface area contributed by atoms with Gasteiger partial charge >= 0.3 is 5.97 Å². The maximum Gasteiger partial charge on any atom is 0.338 e. The zero-order valence-electron chi connectivity index (χ0n) is 15.9. The van der Waals surface area contributed by atoms with Crippen molar-refractivity contribution in [3.05, 3.63) is 59.2 Å². The van der Waals surface area contributed by atoms with Crippen molar-refractivity contribution in [2.75, 3.05) is 10.6 Å². The summed E-state index contributed by atoms with van der Waals surface area (Å²) in [6.07, 6.45) is -1.24. The van der Waals surface area contributed by atoms with Crippen LogP contribution < -0.4 is 10.6 Å². The van der Waals surface area contributed by atoms with E-state index in [1.54, 1.807) is 12.1 Å². The number of benzene rings is 2. The number of rotatable bonds is 6. The highest BCUT2D eigenvalue weighted by atomic mass is 16.5. The number of aryl methyl sites for hydroxylation is 2. The van der Waals surface area contributed by atoms with E-state index in [0.29, 0.717) is 11.4 Å². The number of amides is 2. The first kappa shape index (κ1) is 20.6. The van der Waals surface area contributed by atoms with E-state index < -0.39 is 23.9 Å². The summed E-state index contributed by atoms with van der Waals surface area (Å²) in [6.45, 7) is 5.34. The van der Waals surface area contributed by atoms with Gasteiger partial charge < -0.3 is 15.4 Å². The molecule has 28 heavy (non-hydrogen) atoms. The average Bonchev–Trinajstić information content (AvgIpc) is 2.64. The Labute approximate surface area is 163 Å². The second kappa shape index (κ2) is 9.33. The molecule has 2 N–H and O–H groups in total. The summed E-state index contributed by atoms with van der Waals surface area (Å²) in [5, 5.41) is 13.7. The fourth-order valence-corrected chi connectivity index (χ4v) is 2.44. The average molecular weight is 379 g/mol. The third-order valence-corrected chi connectivity index (χ3v) is 3.94. The van der Waals surface area contributed by atoms with Gasteiger partial charge in [-0.3, -0.25) is 9.59 Å². The highest BCUT2D eigenvalue weighted by Crippen LogP contribution is 2.17. The standard InChI is InChI=1S/C21H21N3O4/c1-13-4-9-18(14(2)12-13)24-20(26)15(3)28-21(27)16-5-7-17(8-6-16)23-19(25)10-11-22/h4-9,12,15H,10H2,1-3H3,(H,23,25)(H,24,26). The third kappa shape index (κ3) is 5.68. The summed E-state index contributed by atoms with van der Waals surface area (Å²) in [7, 11) is 0. The molecule has 1 unspecified atom stereocenters. The minimum Gasteiger partial charge on any atom is -0.449 e. The maximum atomic E-state index is 12.3. The van der Waals surface area contributed by atoms with Crippen LogP contribution in [0.25, 0.3) is 0 Å². The van der Waals surface area contributed by atoms with Crippen LogP contribution >= 0.6 is 0 Å². The van der Waals surface area contributed by atoms with Gasteiger partial charge in [-0.1, -0.05) is 17.7 Å². The molecule has 0 aliphatic carbocycles. The van der Waals surface area contributed by atoms with Gasteiger partial charge in [0.2, 0.25) is 5.91 Å². The van der Waals surface area contributed by atoms with Crippen molar-refractivity contribution in [2.24, 2.45) is 0 Å². The quantitative estimate of drug-likeness (QED) is 0.748. The number of carbonyl (C=O) groups excluding carboxylic acids is 3. The SMILES string of the molecule is Cc1ccc(NC(=O)C(C)OC(=O)c2ccc(NC(=O)CC#N)cc2)c(C)c1. The number of esters is 1. The molecule has 7 heteroatoms. The predicted octanol–water partition coefficient (Wildman–Crippen LogP) is 3.34. The fourth-order valence-electron chi connectivity index (χ4n) is 2.44. The smallest absolute Gasteiger partial charge is 0.338 e. The van der Waals surface area contributed by atoms with Gasteiger partial charge in [-0.15, -0.1) is 0 Å². The molecule has 2 amide bonds. The summed E-state index contributed by atoms with van der Waals surface area (Å²) < 4.78 is 5.21. The molecule has 0 radical (unpaired) electrons. The van der Waals surface area contributed by atoms with Crippen molar-refractivity contribution in [1.82, 2.24) is 0 Å². The largest absolute Gasteiger partial charge is 0.449 e. The van der Waals surface area contributed by atoms with Crippen molar-refractivity contribution in [1.29, 1.82) is 5.26 Å². The van der Waals surface area contributed by atoms with Crippen LogP contribution in [0.1, 0.15) is 34.8 Å². The van der Waals surface area contributed by atoms with Crippen molar-refractivity contribution < 1.29 is 19.1 Å². The molecule has 0 saturated carbocycles. The van der Waals surface area contributed by atoms with Crippen LogP contribution in [0.5, 0.6) is 0 Å². The molecular formula is C21H21N3O4. The zero-order valence-corrected chi connectivity index (χ0v) is 15.9. The van der Waals surface area contributed by atoms with Crippen LogP contribution in [-0.4, -0.2) is 23.9 Å².